The van der Waals surface area contributed by atoms with Crippen molar-refractivity contribution in [2.75, 3.05) is 13.2 Å². The van der Waals surface area contributed by atoms with E-state index in [1.54, 1.807) is 26.0 Å². The maximum absolute atomic E-state index is 13.9. The molecule has 1 amide bonds. The first-order chi connectivity index (χ1) is 13.9. The number of aromatic nitrogens is 4. The van der Waals surface area contributed by atoms with E-state index in [9.17, 15) is 13.6 Å². The topological polar surface area (TPSA) is 73.1 Å². The smallest absolute Gasteiger partial charge is 0.256 e. The molecular weight excluding hydrogens is 404 g/mol. The summed E-state index contributed by atoms with van der Waals surface area (Å²) in [5, 5.41) is 8.31. The maximum atomic E-state index is 13.9. The highest BCUT2D eigenvalue weighted by Gasteiger charge is 2.26. The van der Waals surface area contributed by atoms with Crippen molar-refractivity contribution < 1.29 is 18.3 Å². The number of benzene rings is 1. The van der Waals surface area contributed by atoms with E-state index in [1.165, 1.54) is 23.5 Å². The number of carbonyl (C=O) groups excluding carboxylic acids is 1. The van der Waals surface area contributed by atoms with Crippen molar-refractivity contribution in [2.24, 2.45) is 0 Å². The van der Waals surface area contributed by atoms with Gasteiger partial charge >= 0.3 is 0 Å². The lowest BCUT2D eigenvalue weighted by Crippen LogP contribution is -2.42. The fraction of sp³-hybridized carbons (Fsp3) is 0.263. The third kappa shape index (κ3) is 4.68. The minimum Gasteiger partial charge on any atom is -0.475 e. The van der Waals surface area contributed by atoms with Gasteiger partial charge in [0.2, 0.25) is 5.88 Å². The number of ether oxygens (including phenoxy) is 1. The summed E-state index contributed by atoms with van der Waals surface area (Å²) in [5.74, 6) is -2.37. The molecule has 10 heteroatoms. The molecule has 0 radical (unpaired) electrons. The molecule has 0 aliphatic carbocycles. The Balaban J connectivity index is 1.83. The van der Waals surface area contributed by atoms with Crippen LogP contribution in [0.2, 0.25) is 5.02 Å². The number of rotatable bonds is 7. The van der Waals surface area contributed by atoms with Crippen LogP contribution in [-0.4, -0.2) is 50.0 Å². The standard InChI is InChI=1S/C19H18ClF2N5O2/c1-3-26(12(2)11-29-18-5-4-13(20)10-23-18)19(28)14-8-15(21)16(22)9-17(14)27-24-6-7-25-27/h4-10,12H,3,11H2,1-2H3. The molecular formula is C19H18ClF2N5O2. The highest BCUT2D eigenvalue weighted by atomic mass is 35.5. The molecule has 0 aliphatic heterocycles. The van der Waals surface area contributed by atoms with E-state index < -0.39 is 17.5 Å². The van der Waals surface area contributed by atoms with Gasteiger partial charge in [0, 0.05) is 24.9 Å². The highest BCUT2D eigenvalue weighted by molar-refractivity contribution is 6.30. The number of halogens is 3. The molecule has 152 valence electrons. The highest BCUT2D eigenvalue weighted by Crippen LogP contribution is 2.21. The zero-order valence-corrected chi connectivity index (χ0v) is 16.5. The van der Waals surface area contributed by atoms with Crippen LogP contribution >= 0.6 is 11.6 Å². The van der Waals surface area contributed by atoms with Gasteiger partial charge in [-0.05, 0) is 26.0 Å². The summed E-state index contributed by atoms with van der Waals surface area (Å²) in [6.45, 7) is 4.03. The Morgan fingerprint density at radius 1 is 1.24 bits per heavy atom. The average Bonchev–Trinajstić information content (AvgIpc) is 3.24. The zero-order valence-electron chi connectivity index (χ0n) is 15.7. The minimum absolute atomic E-state index is 0.0461. The first-order valence-electron chi connectivity index (χ1n) is 8.81. The number of amides is 1. The molecule has 1 unspecified atom stereocenters. The van der Waals surface area contributed by atoms with Gasteiger partial charge in [0.25, 0.3) is 5.91 Å². The second-order valence-corrected chi connectivity index (χ2v) is 6.60. The van der Waals surface area contributed by atoms with Crippen LogP contribution in [0, 0.1) is 11.6 Å². The van der Waals surface area contributed by atoms with E-state index in [0.717, 1.165) is 16.9 Å². The van der Waals surface area contributed by atoms with E-state index in [1.807, 2.05) is 0 Å². The van der Waals surface area contributed by atoms with E-state index in [4.69, 9.17) is 16.3 Å². The third-order valence-corrected chi connectivity index (χ3v) is 4.43. The quantitative estimate of drug-likeness (QED) is 0.583. The molecule has 1 aromatic carbocycles. The molecule has 3 rings (SSSR count). The monoisotopic (exact) mass is 421 g/mol. The zero-order chi connectivity index (χ0) is 21.0. The van der Waals surface area contributed by atoms with E-state index in [0.29, 0.717) is 17.4 Å². The normalized spacial score (nSPS) is 11.9. The predicted octanol–water partition coefficient (Wildman–Crippen LogP) is 3.52. The maximum Gasteiger partial charge on any atom is 0.256 e. The molecule has 29 heavy (non-hydrogen) atoms. The number of nitrogens with zero attached hydrogens (tertiary/aromatic N) is 5. The average molecular weight is 422 g/mol. The number of hydrogen-bond acceptors (Lipinski definition) is 5. The summed E-state index contributed by atoms with van der Waals surface area (Å²) in [7, 11) is 0. The molecule has 2 heterocycles. The molecule has 1 atom stereocenters. The van der Waals surface area contributed by atoms with Crippen molar-refractivity contribution in [1.29, 1.82) is 0 Å². The molecule has 0 N–H and O–H groups in total. The number of carbonyl (C=O) groups is 1. The van der Waals surface area contributed by atoms with Gasteiger partial charge in [-0.3, -0.25) is 4.79 Å². The number of likely N-dealkylation sites (N-methyl/N-ethyl adjacent to an activating group) is 1. The summed E-state index contributed by atoms with van der Waals surface area (Å²) in [4.78, 5) is 19.7. The summed E-state index contributed by atoms with van der Waals surface area (Å²) in [5.41, 5.74) is -0.0109. The summed E-state index contributed by atoms with van der Waals surface area (Å²) in [6, 6.07) is 4.63. The van der Waals surface area contributed by atoms with Crippen LogP contribution in [0.1, 0.15) is 24.2 Å². The van der Waals surface area contributed by atoms with Crippen molar-refractivity contribution in [3.8, 4) is 11.6 Å². The van der Waals surface area contributed by atoms with Crippen LogP contribution in [0.3, 0.4) is 0 Å². The SMILES string of the molecule is CCN(C(=O)c1cc(F)c(F)cc1-n1nccn1)C(C)COc1ccc(Cl)cn1. The Morgan fingerprint density at radius 2 is 1.93 bits per heavy atom. The van der Waals surface area contributed by atoms with Gasteiger partial charge < -0.3 is 9.64 Å². The van der Waals surface area contributed by atoms with Gasteiger partial charge in [-0.15, -0.1) is 0 Å². The van der Waals surface area contributed by atoms with Gasteiger partial charge in [0.15, 0.2) is 11.6 Å². The van der Waals surface area contributed by atoms with Crippen molar-refractivity contribution in [3.63, 3.8) is 0 Å². The van der Waals surface area contributed by atoms with Crippen LogP contribution in [-0.2, 0) is 0 Å². The lowest BCUT2D eigenvalue weighted by Gasteiger charge is -2.28. The Kier molecular flexibility index (Phi) is 6.38. The van der Waals surface area contributed by atoms with Crippen molar-refractivity contribution >= 4 is 17.5 Å². The van der Waals surface area contributed by atoms with Crippen molar-refractivity contribution in [3.05, 3.63) is 65.1 Å². The van der Waals surface area contributed by atoms with Crippen LogP contribution < -0.4 is 4.74 Å². The van der Waals surface area contributed by atoms with Gasteiger partial charge in [-0.1, -0.05) is 11.6 Å². The van der Waals surface area contributed by atoms with E-state index >= 15 is 0 Å². The molecule has 7 nitrogen and oxygen atoms in total. The van der Waals surface area contributed by atoms with E-state index in [-0.39, 0.29) is 23.9 Å². The first kappa shape index (κ1) is 20.7. The third-order valence-electron chi connectivity index (χ3n) is 4.21. The van der Waals surface area contributed by atoms with Crippen molar-refractivity contribution in [1.82, 2.24) is 24.9 Å². The lowest BCUT2D eigenvalue weighted by atomic mass is 10.1. The predicted molar refractivity (Wildman–Crippen MR) is 102 cm³/mol. The Hall–Kier alpha value is -3.07. The molecule has 0 fully saturated rings. The van der Waals surface area contributed by atoms with Gasteiger partial charge in [0.05, 0.1) is 29.0 Å². The second kappa shape index (κ2) is 8.95. The second-order valence-electron chi connectivity index (χ2n) is 6.17. The van der Waals surface area contributed by atoms with Crippen LogP contribution in [0.5, 0.6) is 5.88 Å². The van der Waals surface area contributed by atoms with Crippen molar-refractivity contribution in [2.45, 2.75) is 19.9 Å². The molecule has 0 saturated heterocycles. The largest absolute Gasteiger partial charge is 0.475 e. The Morgan fingerprint density at radius 3 is 2.55 bits per heavy atom. The fourth-order valence-corrected chi connectivity index (χ4v) is 2.88. The van der Waals surface area contributed by atoms with Gasteiger partial charge in [-0.2, -0.15) is 15.0 Å². The number of pyridine rings is 1. The molecule has 0 aliphatic rings. The molecule has 0 spiro atoms. The Bertz CT molecular complexity index is 983. The lowest BCUT2D eigenvalue weighted by molar-refractivity contribution is 0.0645. The molecule has 0 bridgehead atoms. The summed E-state index contributed by atoms with van der Waals surface area (Å²) >= 11 is 5.80. The van der Waals surface area contributed by atoms with Gasteiger partial charge in [-0.25, -0.2) is 13.8 Å². The summed E-state index contributed by atoms with van der Waals surface area (Å²) in [6.07, 6.45) is 4.21. The molecule has 0 saturated carbocycles. The van der Waals surface area contributed by atoms with Gasteiger partial charge in [0.1, 0.15) is 12.3 Å². The summed E-state index contributed by atoms with van der Waals surface area (Å²) < 4.78 is 33.3. The minimum atomic E-state index is -1.13. The number of hydrogen-bond donors (Lipinski definition) is 0. The molecule has 3 aromatic rings. The van der Waals surface area contributed by atoms with Crippen LogP contribution in [0.25, 0.3) is 5.69 Å². The van der Waals surface area contributed by atoms with Crippen LogP contribution in [0.15, 0.2) is 42.9 Å². The van der Waals surface area contributed by atoms with Crippen LogP contribution in [0.4, 0.5) is 8.78 Å². The first-order valence-corrected chi connectivity index (χ1v) is 9.19. The fourth-order valence-electron chi connectivity index (χ4n) is 2.77. The Labute approximate surface area is 170 Å². The van der Waals surface area contributed by atoms with E-state index in [2.05, 4.69) is 15.2 Å². The molecule has 2 aromatic heterocycles.